The van der Waals surface area contributed by atoms with Crippen molar-refractivity contribution in [1.82, 2.24) is 4.90 Å². The van der Waals surface area contributed by atoms with Crippen LogP contribution < -0.4 is 9.47 Å². The van der Waals surface area contributed by atoms with Crippen molar-refractivity contribution in [2.45, 2.75) is 6.04 Å². The fourth-order valence-electron chi connectivity index (χ4n) is 2.36. The fraction of sp³-hybridized carbons (Fsp3) is 0.533. The van der Waals surface area contributed by atoms with Crippen LogP contribution in [0.1, 0.15) is 0 Å². The van der Waals surface area contributed by atoms with Crippen LogP contribution in [-0.4, -0.2) is 62.5 Å². The molecule has 1 aromatic rings. The van der Waals surface area contributed by atoms with E-state index in [0.29, 0.717) is 19.8 Å². The maximum atomic E-state index is 11.1. The third kappa shape index (κ3) is 4.09. The number of rotatable bonds is 7. The molecule has 2 atom stereocenters. The van der Waals surface area contributed by atoms with E-state index in [0.717, 1.165) is 11.5 Å². The van der Waals surface area contributed by atoms with Gasteiger partial charge in [0, 0.05) is 12.6 Å². The normalized spacial score (nSPS) is 21.5. The first-order chi connectivity index (χ1) is 10.1. The molecule has 1 aromatic carbocycles. The van der Waals surface area contributed by atoms with Crippen molar-refractivity contribution in [1.29, 1.82) is 0 Å². The highest BCUT2D eigenvalue weighted by Crippen LogP contribution is 2.19. The molecule has 0 aromatic heterocycles. The quantitative estimate of drug-likeness (QED) is 0.812. The van der Waals surface area contributed by atoms with E-state index in [1.807, 2.05) is 36.2 Å². The number of likely N-dealkylation sites (N-methyl/N-ethyl adjacent to an activating group) is 1. The van der Waals surface area contributed by atoms with Gasteiger partial charge in [0.1, 0.15) is 18.1 Å². The van der Waals surface area contributed by atoms with Gasteiger partial charge in [-0.1, -0.05) is 0 Å². The van der Waals surface area contributed by atoms with Gasteiger partial charge in [-0.05, 0) is 31.3 Å². The first kappa shape index (κ1) is 15.6. The van der Waals surface area contributed by atoms with E-state index in [1.54, 1.807) is 7.11 Å². The molecule has 6 heteroatoms. The summed E-state index contributed by atoms with van der Waals surface area (Å²) in [6.07, 6.45) is 0. The smallest absolute Gasteiger partial charge is 0.310 e. The molecule has 0 amide bonds. The number of hydrogen-bond acceptors (Lipinski definition) is 5. The lowest BCUT2D eigenvalue weighted by atomic mass is 10.0. The summed E-state index contributed by atoms with van der Waals surface area (Å²) in [4.78, 5) is 13.1. The minimum atomic E-state index is -0.805. The molecule has 6 nitrogen and oxygen atoms in total. The number of carboxylic acid groups (broad SMARTS) is 1. The van der Waals surface area contributed by atoms with Gasteiger partial charge in [0.05, 0.1) is 26.2 Å². The van der Waals surface area contributed by atoms with Crippen molar-refractivity contribution in [2.24, 2.45) is 5.92 Å². The number of benzene rings is 1. The number of hydrogen-bond donors (Lipinski definition) is 1. The van der Waals surface area contributed by atoms with Crippen LogP contribution in [0.15, 0.2) is 24.3 Å². The van der Waals surface area contributed by atoms with Gasteiger partial charge in [0.25, 0.3) is 0 Å². The molecule has 1 saturated heterocycles. The molecule has 0 aliphatic carbocycles. The minimum absolute atomic E-state index is 0.0954. The maximum Gasteiger partial charge on any atom is 0.310 e. The molecule has 1 N–H and O–H groups in total. The summed E-state index contributed by atoms with van der Waals surface area (Å²) in [5.74, 6) is 0.282. The summed E-state index contributed by atoms with van der Waals surface area (Å²) in [6, 6.07) is 7.27. The van der Waals surface area contributed by atoms with Crippen LogP contribution in [0.5, 0.6) is 11.5 Å². The number of methoxy groups -OCH3 is 1. The Kier molecular flexibility index (Phi) is 5.41. The zero-order valence-corrected chi connectivity index (χ0v) is 12.3. The van der Waals surface area contributed by atoms with Crippen molar-refractivity contribution >= 4 is 5.97 Å². The van der Waals surface area contributed by atoms with Gasteiger partial charge in [-0.25, -0.2) is 0 Å². The van der Waals surface area contributed by atoms with Crippen molar-refractivity contribution in [3.63, 3.8) is 0 Å². The molecule has 0 bridgehead atoms. The van der Waals surface area contributed by atoms with Gasteiger partial charge in [-0.3, -0.25) is 9.69 Å². The Labute approximate surface area is 124 Å². The lowest BCUT2D eigenvalue weighted by Gasteiger charge is -2.25. The lowest BCUT2D eigenvalue weighted by Crippen LogP contribution is -2.42. The molecule has 21 heavy (non-hydrogen) atoms. The Morgan fingerprint density at radius 3 is 2.62 bits per heavy atom. The van der Waals surface area contributed by atoms with Crippen LogP contribution in [0.2, 0.25) is 0 Å². The van der Waals surface area contributed by atoms with Crippen molar-refractivity contribution in [3.05, 3.63) is 24.3 Å². The number of ether oxygens (including phenoxy) is 3. The summed E-state index contributed by atoms with van der Waals surface area (Å²) >= 11 is 0. The van der Waals surface area contributed by atoms with E-state index >= 15 is 0 Å². The second-order valence-electron chi connectivity index (χ2n) is 5.05. The molecule has 0 spiro atoms. The van der Waals surface area contributed by atoms with Crippen LogP contribution >= 0.6 is 0 Å². The summed E-state index contributed by atoms with van der Waals surface area (Å²) in [5, 5.41) is 9.14. The van der Waals surface area contributed by atoms with E-state index in [9.17, 15) is 4.79 Å². The van der Waals surface area contributed by atoms with Gasteiger partial charge in [-0.15, -0.1) is 0 Å². The van der Waals surface area contributed by atoms with Gasteiger partial charge in [0.15, 0.2) is 0 Å². The number of nitrogens with zero attached hydrogens (tertiary/aromatic N) is 1. The highest BCUT2D eigenvalue weighted by atomic mass is 16.5. The molecule has 2 unspecified atom stereocenters. The van der Waals surface area contributed by atoms with Crippen molar-refractivity contribution in [3.8, 4) is 11.5 Å². The Hall–Kier alpha value is -1.79. The Balaban J connectivity index is 1.78. The van der Waals surface area contributed by atoms with Crippen LogP contribution in [0, 0.1) is 5.92 Å². The zero-order chi connectivity index (χ0) is 15.2. The van der Waals surface area contributed by atoms with E-state index in [-0.39, 0.29) is 12.6 Å². The second kappa shape index (κ2) is 7.28. The third-order valence-electron chi connectivity index (χ3n) is 3.71. The standard InChI is InChI=1S/C15H21NO5/c1-16(14-10-20-9-13(14)15(17)18)7-8-21-12-5-3-11(19-2)4-6-12/h3-6,13-14H,7-10H2,1-2H3,(H,17,18). The maximum absolute atomic E-state index is 11.1. The number of aliphatic carboxylic acids is 1. The van der Waals surface area contributed by atoms with Crippen molar-refractivity contribution < 1.29 is 24.1 Å². The molecule has 1 aliphatic rings. The van der Waals surface area contributed by atoms with Gasteiger partial charge < -0.3 is 19.3 Å². The minimum Gasteiger partial charge on any atom is -0.497 e. The monoisotopic (exact) mass is 295 g/mol. The Morgan fingerprint density at radius 1 is 1.33 bits per heavy atom. The highest BCUT2D eigenvalue weighted by molar-refractivity contribution is 5.71. The largest absolute Gasteiger partial charge is 0.497 e. The van der Waals surface area contributed by atoms with Gasteiger partial charge in [-0.2, -0.15) is 0 Å². The van der Waals surface area contributed by atoms with Crippen LogP contribution in [0.25, 0.3) is 0 Å². The predicted octanol–water partition coefficient (Wildman–Crippen LogP) is 1.11. The summed E-state index contributed by atoms with van der Waals surface area (Å²) in [6.45, 7) is 1.87. The second-order valence-corrected chi connectivity index (χ2v) is 5.05. The first-order valence-electron chi connectivity index (χ1n) is 6.89. The average Bonchev–Trinajstić information content (AvgIpc) is 2.97. The highest BCUT2D eigenvalue weighted by Gasteiger charge is 2.36. The Morgan fingerprint density at radius 2 is 2.00 bits per heavy atom. The SMILES string of the molecule is COc1ccc(OCCN(C)C2COCC2C(=O)O)cc1. The molecule has 1 fully saturated rings. The van der Waals surface area contributed by atoms with Crippen LogP contribution in [-0.2, 0) is 9.53 Å². The molecule has 2 rings (SSSR count). The van der Waals surface area contributed by atoms with Crippen LogP contribution in [0.3, 0.4) is 0 Å². The molecular weight excluding hydrogens is 274 g/mol. The molecule has 0 saturated carbocycles. The van der Waals surface area contributed by atoms with E-state index in [4.69, 9.17) is 19.3 Å². The topological polar surface area (TPSA) is 68.2 Å². The van der Waals surface area contributed by atoms with E-state index in [2.05, 4.69) is 0 Å². The first-order valence-corrected chi connectivity index (χ1v) is 6.89. The van der Waals surface area contributed by atoms with E-state index < -0.39 is 11.9 Å². The summed E-state index contributed by atoms with van der Waals surface area (Å²) < 4.78 is 16.0. The molecule has 116 valence electrons. The van der Waals surface area contributed by atoms with E-state index in [1.165, 1.54) is 0 Å². The molecular formula is C15H21NO5. The molecule has 1 heterocycles. The lowest BCUT2D eigenvalue weighted by molar-refractivity contribution is -0.143. The molecule has 1 aliphatic heterocycles. The fourth-order valence-corrected chi connectivity index (χ4v) is 2.36. The van der Waals surface area contributed by atoms with Gasteiger partial charge in [0.2, 0.25) is 0 Å². The average molecular weight is 295 g/mol. The van der Waals surface area contributed by atoms with Crippen LogP contribution in [0.4, 0.5) is 0 Å². The summed E-state index contributed by atoms with van der Waals surface area (Å²) in [7, 11) is 3.51. The Bertz CT molecular complexity index is 462. The summed E-state index contributed by atoms with van der Waals surface area (Å²) in [5.41, 5.74) is 0. The number of carboxylic acids is 1. The predicted molar refractivity (Wildman–Crippen MR) is 76.9 cm³/mol. The van der Waals surface area contributed by atoms with Crippen molar-refractivity contribution in [2.75, 3.05) is 40.5 Å². The molecule has 0 radical (unpaired) electrons. The number of carbonyl (C=O) groups is 1. The van der Waals surface area contributed by atoms with Gasteiger partial charge >= 0.3 is 5.97 Å². The zero-order valence-electron chi connectivity index (χ0n) is 12.3. The third-order valence-corrected chi connectivity index (χ3v) is 3.71.